The van der Waals surface area contributed by atoms with Gasteiger partial charge < -0.3 is 19.7 Å². The number of nitrogens with two attached hydrogens (primary N) is 1. The molecule has 0 radical (unpaired) electrons. The number of quaternary nitrogens is 2. The molecular formula is C14H28N5OP+2. The number of allylic oxidation sites excluding steroid dienone is 1. The summed E-state index contributed by atoms with van der Waals surface area (Å²) in [6, 6.07) is 2.04. The van der Waals surface area contributed by atoms with Gasteiger partial charge in [-0.1, -0.05) is 0 Å². The lowest BCUT2D eigenvalue weighted by atomic mass is 10.1. The Labute approximate surface area is 129 Å². The number of nitrogens with one attached hydrogen (secondary N) is 1. The standard InChI is InChI=1S/C11H15N4P.C2H7N.CH4O/c1-8(6-14(2)3)10-9-4-5-15(16)11(9)13-7-12-10;1-3-2;1-2/h4-7H,16H2,1-3H3;3H,1-2H3;2H,1H3/p+2/b8-6-;;. The van der Waals surface area contributed by atoms with Gasteiger partial charge in [-0.05, 0) is 22.4 Å². The van der Waals surface area contributed by atoms with E-state index >= 15 is 0 Å². The molecule has 0 aliphatic heterocycles. The molecule has 4 N–H and O–H groups in total. The summed E-state index contributed by atoms with van der Waals surface area (Å²) in [6.45, 7) is 2.08. The van der Waals surface area contributed by atoms with Gasteiger partial charge in [-0.25, -0.2) is 9.97 Å². The highest BCUT2D eigenvalue weighted by atomic mass is 31.0. The van der Waals surface area contributed by atoms with Crippen LogP contribution in [0, 0.1) is 0 Å². The van der Waals surface area contributed by atoms with Gasteiger partial charge in [0.1, 0.15) is 12.0 Å². The Bertz CT molecular complexity index is 565. The monoisotopic (exact) mass is 313 g/mol. The SMILES string of the molecule is C/C(=C/[NH+](C)C)c1ncnc2c1ccn2P.CO.C[NH2+]C. The van der Waals surface area contributed by atoms with E-state index in [0.29, 0.717) is 0 Å². The topological polar surface area (TPSA) is 72.0 Å². The Morgan fingerprint density at radius 1 is 1.33 bits per heavy atom. The molecule has 2 aromatic heterocycles. The van der Waals surface area contributed by atoms with Crippen molar-refractivity contribution in [3.05, 3.63) is 30.5 Å². The summed E-state index contributed by atoms with van der Waals surface area (Å²) < 4.78 is 1.93. The fourth-order valence-corrected chi connectivity index (χ4v) is 2.08. The fraction of sp³-hybridized carbons (Fsp3) is 0.429. The van der Waals surface area contributed by atoms with Crippen LogP contribution in [-0.2, 0) is 0 Å². The molecule has 0 fully saturated rings. The second-order valence-corrected chi connectivity index (χ2v) is 5.22. The zero-order valence-electron chi connectivity index (χ0n) is 13.8. The number of nitrogens with zero attached hydrogens (tertiary/aromatic N) is 3. The summed E-state index contributed by atoms with van der Waals surface area (Å²) in [4.78, 5) is 9.89. The summed E-state index contributed by atoms with van der Waals surface area (Å²) in [7, 11) is 11.8. The lowest BCUT2D eigenvalue weighted by Gasteiger charge is -2.04. The van der Waals surface area contributed by atoms with Gasteiger partial charge in [-0.2, -0.15) is 0 Å². The zero-order chi connectivity index (χ0) is 16.4. The molecule has 0 spiro atoms. The Balaban J connectivity index is 0.000000713. The van der Waals surface area contributed by atoms with Gasteiger partial charge in [-0.15, -0.1) is 0 Å². The molecule has 6 nitrogen and oxygen atoms in total. The maximum absolute atomic E-state index is 7.00. The average molecular weight is 313 g/mol. The highest BCUT2D eigenvalue weighted by Gasteiger charge is 2.09. The number of hydrogen-bond donors (Lipinski definition) is 3. The molecule has 21 heavy (non-hydrogen) atoms. The Morgan fingerprint density at radius 3 is 2.43 bits per heavy atom. The van der Waals surface area contributed by atoms with Gasteiger partial charge in [0.05, 0.1) is 40.1 Å². The molecule has 2 aromatic rings. The van der Waals surface area contributed by atoms with Gasteiger partial charge in [0.25, 0.3) is 0 Å². The van der Waals surface area contributed by atoms with Crippen LogP contribution in [0.1, 0.15) is 12.6 Å². The van der Waals surface area contributed by atoms with E-state index in [9.17, 15) is 0 Å². The molecule has 0 saturated carbocycles. The molecule has 1 unspecified atom stereocenters. The first-order chi connectivity index (χ1) is 10.0. The quantitative estimate of drug-likeness (QED) is 0.622. The molecule has 2 heterocycles. The number of hydrogen-bond acceptors (Lipinski definition) is 3. The van der Waals surface area contributed by atoms with Crippen molar-refractivity contribution in [3.8, 4) is 0 Å². The first-order valence-corrected chi connectivity index (χ1v) is 7.27. The van der Waals surface area contributed by atoms with Crippen LogP contribution in [0.15, 0.2) is 24.8 Å². The van der Waals surface area contributed by atoms with Crippen LogP contribution in [0.4, 0.5) is 0 Å². The molecule has 1 atom stereocenters. The van der Waals surface area contributed by atoms with Crippen molar-refractivity contribution < 1.29 is 15.3 Å². The van der Waals surface area contributed by atoms with Crippen LogP contribution >= 0.6 is 9.39 Å². The number of aliphatic hydroxyl groups is 1. The highest BCUT2D eigenvalue weighted by Crippen LogP contribution is 2.22. The minimum Gasteiger partial charge on any atom is -0.400 e. The molecule has 0 bridgehead atoms. The smallest absolute Gasteiger partial charge is 0.146 e. The fourth-order valence-electron chi connectivity index (χ4n) is 1.79. The van der Waals surface area contributed by atoms with Gasteiger partial charge in [-0.3, -0.25) is 0 Å². The molecule has 2 rings (SSSR count). The first kappa shape index (κ1) is 19.7. The summed E-state index contributed by atoms with van der Waals surface area (Å²) in [6.07, 6.45) is 5.73. The van der Waals surface area contributed by atoms with E-state index in [0.717, 1.165) is 23.8 Å². The van der Waals surface area contributed by atoms with Crippen LogP contribution in [0.2, 0.25) is 0 Å². The number of aromatic nitrogens is 3. The minimum atomic E-state index is 0.941. The number of aliphatic hydroxyl groups excluding tert-OH is 1. The maximum atomic E-state index is 7.00. The Morgan fingerprint density at radius 2 is 1.90 bits per heavy atom. The molecule has 0 amide bonds. The lowest BCUT2D eigenvalue weighted by Crippen LogP contribution is -3.00. The van der Waals surface area contributed by atoms with Gasteiger partial charge >= 0.3 is 0 Å². The average Bonchev–Trinajstić information content (AvgIpc) is 2.83. The second kappa shape index (κ2) is 10.4. The molecule has 0 aliphatic carbocycles. The summed E-state index contributed by atoms with van der Waals surface area (Å²) in [5, 5.41) is 10.1. The molecule has 118 valence electrons. The third kappa shape index (κ3) is 5.89. The lowest BCUT2D eigenvalue weighted by molar-refractivity contribution is -0.800. The highest BCUT2D eigenvalue weighted by molar-refractivity contribution is 7.14. The Hall–Kier alpha value is -1.33. The van der Waals surface area contributed by atoms with E-state index in [4.69, 9.17) is 5.11 Å². The van der Waals surface area contributed by atoms with E-state index < -0.39 is 0 Å². The van der Waals surface area contributed by atoms with Gasteiger partial charge in [0, 0.05) is 24.3 Å². The largest absolute Gasteiger partial charge is 0.400 e. The van der Waals surface area contributed by atoms with Gasteiger partial charge in [0.15, 0.2) is 0 Å². The maximum Gasteiger partial charge on any atom is 0.146 e. The second-order valence-electron chi connectivity index (χ2n) is 4.66. The summed E-state index contributed by atoms with van der Waals surface area (Å²) in [5.74, 6) is 0. The molecule has 0 aromatic carbocycles. The first-order valence-electron chi connectivity index (χ1n) is 6.75. The number of rotatable bonds is 2. The predicted octanol–water partition coefficient (Wildman–Crippen LogP) is -1.01. The molecule has 0 aliphatic rings. The summed E-state index contributed by atoms with van der Waals surface area (Å²) in [5.41, 5.74) is 3.12. The minimum absolute atomic E-state index is 0.941. The van der Waals surface area contributed by atoms with E-state index in [1.54, 1.807) is 6.33 Å². The van der Waals surface area contributed by atoms with Crippen molar-refractivity contribution in [3.63, 3.8) is 0 Å². The van der Waals surface area contributed by atoms with E-state index in [-0.39, 0.29) is 0 Å². The van der Waals surface area contributed by atoms with E-state index in [1.165, 1.54) is 10.5 Å². The van der Waals surface area contributed by atoms with Crippen molar-refractivity contribution in [2.24, 2.45) is 0 Å². The van der Waals surface area contributed by atoms with Crippen molar-refractivity contribution in [1.29, 1.82) is 0 Å². The zero-order valence-corrected chi connectivity index (χ0v) is 14.9. The van der Waals surface area contributed by atoms with Crippen LogP contribution in [0.5, 0.6) is 0 Å². The Kier molecular flexibility index (Phi) is 9.75. The van der Waals surface area contributed by atoms with E-state index in [2.05, 4.69) is 46.6 Å². The van der Waals surface area contributed by atoms with Crippen molar-refractivity contribution in [2.45, 2.75) is 6.92 Å². The van der Waals surface area contributed by atoms with Gasteiger partial charge in [0.2, 0.25) is 0 Å². The van der Waals surface area contributed by atoms with Crippen LogP contribution in [-0.4, -0.2) is 54.7 Å². The van der Waals surface area contributed by atoms with Crippen LogP contribution < -0.4 is 10.2 Å². The van der Waals surface area contributed by atoms with Crippen molar-refractivity contribution in [2.75, 3.05) is 35.3 Å². The van der Waals surface area contributed by atoms with Crippen LogP contribution in [0.25, 0.3) is 16.6 Å². The predicted molar refractivity (Wildman–Crippen MR) is 91.0 cm³/mol. The molecule has 0 saturated heterocycles. The normalized spacial score (nSPS) is 10.8. The van der Waals surface area contributed by atoms with E-state index in [1.807, 2.05) is 36.0 Å². The number of fused-ring (bicyclic) bond motifs is 1. The molecular weight excluding hydrogens is 285 g/mol. The third-order valence-corrected chi connectivity index (χ3v) is 2.80. The third-order valence-electron chi connectivity index (χ3n) is 2.39. The van der Waals surface area contributed by atoms with Crippen LogP contribution in [0.3, 0.4) is 0 Å². The summed E-state index contributed by atoms with van der Waals surface area (Å²) >= 11 is 0. The molecule has 7 heteroatoms. The van der Waals surface area contributed by atoms with Crippen molar-refractivity contribution in [1.82, 2.24) is 14.3 Å². The van der Waals surface area contributed by atoms with Crippen molar-refractivity contribution >= 4 is 26.0 Å².